The van der Waals surface area contributed by atoms with Crippen LogP contribution in [0, 0.1) is 0 Å². The van der Waals surface area contributed by atoms with E-state index in [-0.39, 0.29) is 13.0 Å². The summed E-state index contributed by atoms with van der Waals surface area (Å²) in [4.78, 5) is 0. The average Bonchev–Trinajstić information content (AvgIpc) is 2.19. The molecule has 0 aromatic heterocycles. The molecule has 0 aliphatic rings. The van der Waals surface area contributed by atoms with Crippen molar-refractivity contribution < 1.29 is 17.9 Å². The molecule has 0 fully saturated rings. The lowest BCUT2D eigenvalue weighted by Gasteiger charge is -2.09. The predicted molar refractivity (Wildman–Crippen MR) is 58.1 cm³/mol. The van der Waals surface area contributed by atoms with Gasteiger partial charge < -0.3 is 4.74 Å². The van der Waals surface area contributed by atoms with Crippen LogP contribution < -0.4 is 0 Å². The fourth-order valence-electron chi connectivity index (χ4n) is 1.01. The van der Waals surface area contributed by atoms with Gasteiger partial charge in [-0.1, -0.05) is 36.4 Å². The quantitative estimate of drug-likeness (QED) is 0.712. The Labute approximate surface area is 93.5 Å². The first kappa shape index (κ1) is 14.7. The molecule has 16 heavy (non-hydrogen) atoms. The highest BCUT2D eigenvalue weighted by Gasteiger charge is 2.15. The minimum atomic E-state index is -4.00. The molecule has 0 saturated heterocycles. The normalized spacial score (nSPS) is 12.3. The zero-order valence-corrected chi connectivity index (χ0v) is 9.29. The highest BCUT2D eigenvalue weighted by atomic mass is 19.4. The van der Waals surface area contributed by atoms with Gasteiger partial charge in [-0.2, -0.15) is 13.2 Å². The molecule has 0 saturated carbocycles. The summed E-state index contributed by atoms with van der Waals surface area (Å²) < 4.78 is 36.2. The third-order valence-electron chi connectivity index (χ3n) is 1.60. The molecule has 1 rings (SSSR count). The molecule has 0 radical (unpaired) electrons. The summed E-state index contributed by atoms with van der Waals surface area (Å²) in [6.07, 6.45) is -2.19. The number of hydrogen-bond acceptors (Lipinski definition) is 1. The van der Waals surface area contributed by atoms with E-state index in [1.807, 2.05) is 30.3 Å². The first-order valence-electron chi connectivity index (χ1n) is 4.65. The monoisotopic (exact) mass is 232 g/mol. The molecule has 4 heteroatoms. The number of benzene rings is 1. The summed E-state index contributed by atoms with van der Waals surface area (Å²) in [5.74, 6) is 0. The van der Waals surface area contributed by atoms with Crippen LogP contribution in [0.5, 0.6) is 0 Å². The maximum atomic E-state index is 10.4. The van der Waals surface area contributed by atoms with Gasteiger partial charge in [0.25, 0.3) is 0 Å². The van der Waals surface area contributed by atoms with Crippen molar-refractivity contribution in [1.82, 2.24) is 0 Å². The Balaban J connectivity index is 0.000000385. The molecule has 0 bridgehead atoms. The van der Waals surface area contributed by atoms with E-state index in [1.54, 1.807) is 13.2 Å². The molecular formula is C12H15F3O. The van der Waals surface area contributed by atoms with Crippen LogP contribution >= 0.6 is 0 Å². The van der Waals surface area contributed by atoms with Crippen molar-refractivity contribution in [3.63, 3.8) is 0 Å². The molecule has 1 nitrogen and oxygen atoms in total. The van der Waals surface area contributed by atoms with E-state index in [1.165, 1.54) is 0 Å². The van der Waals surface area contributed by atoms with Gasteiger partial charge in [0.05, 0.1) is 6.10 Å². The smallest absolute Gasteiger partial charge is 0.373 e. The van der Waals surface area contributed by atoms with E-state index < -0.39 is 6.18 Å². The van der Waals surface area contributed by atoms with Crippen LogP contribution in [0.1, 0.15) is 18.6 Å². The number of methoxy groups -OCH3 is 1. The molecule has 0 aliphatic carbocycles. The van der Waals surface area contributed by atoms with Gasteiger partial charge in [-0.15, -0.1) is 6.58 Å². The number of hydrogen-bond donors (Lipinski definition) is 0. The van der Waals surface area contributed by atoms with Crippen molar-refractivity contribution in [3.05, 3.63) is 48.6 Å². The van der Waals surface area contributed by atoms with Gasteiger partial charge in [0.15, 0.2) is 0 Å². The summed E-state index contributed by atoms with van der Waals surface area (Å²) in [7, 11) is 1.68. The summed E-state index contributed by atoms with van der Waals surface area (Å²) in [5.41, 5.74) is 1.14. The van der Waals surface area contributed by atoms with Crippen LogP contribution in [0.4, 0.5) is 13.2 Å². The Morgan fingerprint density at radius 2 is 1.69 bits per heavy atom. The average molecular weight is 232 g/mol. The molecule has 0 amide bonds. The summed E-state index contributed by atoms with van der Waals surface area (Å²) in [6, 6.07) is 10.0. The lowest BCUT2D eigenvalue weighted by atomic mass is 10.1. The van der Waals surface area contributed by atoms with Crippen molar-refractivity contribution in [2.45, 2.75) is 19.2 Å². The van der Waals surface area contributed by atoms with E-state index in [2.05, 4.69) is 6.58 Å². The van der Waals surface area contributed by atoms with Gasteiger partial charge >= 0.3 is 6.18 Å². The zero-order valence-electron chi connectivity index (χ0n) is 9.29. The Morgan fingerprint density at radius 3 is 2.00 bits per heavy atom. The summed E-state index contributed by atoms with van der Waals surface area (Å²) >= 11 is 0. The SMILES string of the molecule is C=CC(OC)c1ccccc1.CC(F)(F)F. The third kappa shape index (κ3) is 8.05. The summed E-state index contributed by atoms with van der Waals surface area (Å²) in [6.45, 7) is 3.87. The molecular weight excluding hydrogens is 217 g/mol. The van der Waals surface area contributed by atoms with Crippen LogP contribution in [-0.2, 0) is 4.74 Å². The molecule has 0 spiro atoms. The molecule has 0 heterocycles. The lowest BCUT2D eigenvalue weighted by molar-refractivity contribution is -0.110. The number of halogens is 3. The van der Waals surface area contributed by atoms with Crippen LogP contribution in [0.25, 0.3) is 0 Å². The molecule has 1 unspecified atom stereocenters. The standard InChI is InChI=1S/C10H12O.C2H3F3/c1-3-10(11-2)9-7-5-4-6-8-9;1-2(3,4)5/h3-8,10H,1H2,2H3;1H3. The number of rotatable bonds is 3. The van der Waals surface area contributed by atoms with Gasteiger partial charge in [0.1, 0.15) is 0 Å². The molecule has 0 N–H and O–H groups in total. The van der Waals surface area contributed by atoms with Gasteiger partial charge in [-0.25, -0.2) is 0 Å². The molecule has 1 aromatic rings. The topological polar surface area (TPSA) is 9.23 Å². The van der Waals surface area contributed by atoms with E-state index in [0.717, 1.165) is 5.56 Å². The number of ether oxygens (including phenoxy) is 1. The maximum Gasteiger partial charge on any atom is 0.386 e. The van der Waals surface area contributed by atoms with Crippen molar-refractivity contribution >= 4 is 0 Å². The van der Waals surface area contributed by atoms with E-state index in [4.69, 9.17) is 4.74 Å². The second-order valence-electron chi connectivity index (χ2n) is 3.08. The van der Waals surface area contributed by atoms with E-state index in [9.17, 15) is 13.2 Å². The van der Waals surface area contributed by atoms with Crippen LogP contribution in [-0.4, -0.2) is 13.3 Å². The van der Waals surface area contributed by atoms with Gasteiger partial charge in [-0.05, 0) is 5.56 Å². The van der Waals surface area contributed by atoms with Crippen LogP contribution in [0.15, 0.2) is 43.0 Å². The van der Waals surface area contributed by atoms with Crippen molar-refractivity contribution in [2.75, 3.05) is 7.11 Å². The predicted octanol–water partition coefficient (Wildman–Crippen LogP) is 4.13. The molecule has 0 aliphatic heterocycles. The maximum absolute atomic E-state index is 10.4. The Hall–Kier alpha value is -1.29. The Kier molecular flexibility index (Phi) is 6.49. The van der Waals surface area contributed by atoms with Gasteiger partial charge in [0, 0.05) is 14.0 Å². The molecule has 1 atom stereocenters. The van der Waals surface area contributed by atoms with Crippen molar-refractivity contribution in [3.8, 4) is 0 Å². The highest BCUT2D eigenvalue weighted by Crippen LogP contribution is 2.15. The first-order chi connectivity index (χ1) is 7.38. The molecule has 90 valence electrons. The summed E-state index contributed by atoms with van der Waals surface area (Å²) in [5, 5.41) is 0. The van der Waals surface area contributed by atoms with Crippen LogP contribution in [0.2, 0.25) is 0 Å². The van der Waals surface area contributed by atoms with E-state index in [0.29, 0.717) is 0 Å². The van der Waals surface area contributed by atoms with Crippen molar-refractivity contribution in [2.24, 2.45) is 0 Å². The number of alkyl halides is 3. The first-order valence-corrected chi connectivity index (χ1v) is 4.65. The van der Waals surface area contributed by atoms with Crippen LogP contribution in [0.3, 0.4) is 0 Å². The van der Waals surface area contributed by atoms with Crippen molar-refractivity contribution in [1.29, 1.82) is 0 Å². The largest absolute Gasteiger partial charge is 0.386 e. The zero-order chi connectivity index (χ0) is 12.6. The van der Waals surface area contributed by atoms with E-state index >= 15 is 0 Å². The Morgan fingerprint density at radius 1 is 1.25 bits per heavy atom. The second kappa shape index (κ2) is 7.06. The fourth-order valence-corrected chi connectivity index (χ4v) is 1.01. The lowest BCUT2D eigenvalue weighted by Crippen LogP contribution is -1.95. The fraction of sp³-hybridized carbons (Fsp3) is 0.333. The third-order valence-corrected chi connectivity index (χ3v) is 1.60. The highest BCUT2D eigenvalue weighted by molar-refractivity contribution is 5.20. The van der Waals surface area contributed by atoms with Gasteiger partial charge in [0.2, 0.25) is 0 Å². The Bertz CT molecular complexity index is 287. The molecule has 1 aromatic carbocycles. The minimum absolute atomic E-state index is 0.0243. The minimum Gasteiger partial charge on any atom is -0.373 e. The van der Waals surface area contributed by atoms with Gasteiger partial charge in [-0.3, -0.25) is 0 Å². The second-order valence-corrected chi connectivity index (χ2v) is 3.08.